The van der Waals surface area contributed by atoms with E-state index in [0.29, 0.717) is 24.5 Å². The average molecular weight is 302 g/mol. The molecule has 6 nitrogen and oxygen atoms in total. The fourth-order valence-electron chi connectivity index (χ4n) is 2.41. The summed E-state index contributed by atoms with van der Waals surface area (Å²) in [7, 11) is 0. The number of rotatable bonds is 5. The highest BCUT2D eigenvalue weighted by atomic mass is 16.5. The van der Waals surface area contributed by atoms with E-state index in [1.54, 1.807) is 6.07 Å². The Bertz CT molecular complexity index is 533. The molecule has 22 heavy (non-hydrogen) atoms. The van der Waals surface area contributed by atoms with Crippen LogP contribution in [0.1, 0.15) is 12.5 Å². The molecule has 1 saturated heterocycles. The summed E-state index contributed by atoms with van der Waals surface area (Å²) in [5, 5.41) is 11.8. The van der Waals surface area contributed by atoms with E-state index >= 15 is 0 Å². The molecular weight excluding hydrogens is 280 g/mol. The summed E-state index contributed by atoms with van der Waals surface area (Å²) in [5.41, 5.74) is 0.559. The van der Waals surface area contributed by atoms with Gasteiger partial charge in [0.1, 0.15) is 18.4 Å². The molecule has 1 fully saturated rings. The molecule has 1 heterocycles. The summed E-state index contributed by atoms with van der Waals surface area (Å²) in [6.45, 7) is 7.08. The zero-order valence-electron chi connectivity index (χ0n) is 12.9. The van der Waals surface area contributed by atoms with Crippen molar-refractivity contribution in [2.45, 2.75) is 6.92 Å². The van der Waals surface area contributed by atoms with Crippen LogP contribution in [0.3, 0.4) is 0 Å². The minimum Gasteiger partial charge on any atom is -0.491 e. The molecule has 118 valence electrons. The Morgan fingerprint density at radius 2 is 2.05 bits per heavy atom. The maximum atomic E-state index is 11.7. The number of amides is 2. The normalized spacial score (nSPS) is 15.2. The van der Waals surface area contributed by atoms with Crippen LogP contribution in [0.25, 0.3) is 0 Å². The largest absolute Gasteiger partial charge is 0.491 e. The highest BCUT2D eigenvalue weighted by Gasteiger charge is 2.20. The summed E-state index contributed by atoms with van der Waals surface area (Å²) in [4.78, 5) is 15.8. The molecule has 1 aromatic carbocycles. The topological polar surface area (TPSA) is 68.6 Å². The predicted molar refractivity (Wildman–Crippen MR) is 83.7 cm³/mol. The van der Waals surface area contributed by atoms with Crippen molar-refractivity contribution in [3.8, 4) is 11.8 Å². The number of nitrogens with one attached hydrogen (secondary N) is 1. The summed E-state index contributed by atoms with van der Waals surface area (Å²) in [6, 6.07) is 9.39. The van der Waals surface area contributed by atoms with Crippen LogP contribution in [0.4, 0.5) is 4.79 Å². The number of carbonyl (C=O) groups is 1. The third kappa shape index (κ3) is 4.37. The van der Waals surface area contributed by atoms with Crippen LogP contribution in [0, 0.1) is 11.3 Å². The number of para-hydroxylation sites is 1. The zero-order valence-corrected chi connectivity index (χ0v) is 12.9. The Kier molecular flexibility index (Phi) is 6.04. The monoisotopic (exact) mass is 302 g/mol. The molecule has 0 unspecified atom stereocenters. The highest BCUT2D eigenvalue weighted by Crippen LogP contribution is 2.16. The van der Waals surface area contributed by atoms with E-state index in [9.17, 15) is 4.79 Å². The van der Waals surface area contributed by atoms with Gasteiger partial charge in [-0.25, -0.2) is 4.79 Å². The number of ether oxygens (including phenoxy) is 1. The van der Waals surface area contributed by atoms with E-state index in [2.05, 4.69) is 16.3 Å². The molecule has 0 aliphatic carbocycles. The Balaban J connectivity index is 1.71. The van der Waals surface area contributed by atoms with Crippen molar-refractivity contribution in [1.29, 1.82) is 5.26 Å². The molecule has 2 amide bonds. The van der Waals surface area contributed by atoms with Gasteiger partial charge in [0.2, 0.25) is 0 Å². The summed E-state index contributed by atoms with van der Waals surface area (Å²) < 4.78 is 5.69. The average Bonchev–Trinajstić information content (AvgIpc) is 2.56. The van der Waals surface area contributed by atoms with Crippen LogP contribution >= 0.6 is 0 Å². The van der Waals surface area contributed by atoms with Crippen molar-refractivity contribution in [3.05, 3.63) is 29.8 Å². The third-order valence-electron chi connectivity index (χ3n) is 3.66. The van der Waals surface area contributed by atoms with Gasteiger partial charge < -0.3 is 15.0 Å². The van der Waals surface area contributed by atoms with Crippen LogP contribution in [0.5, 0.6) is 5.75 Å². The quantitative estimate of drug-likeness (QED) is 0.890. The Labute approximate surface area is 131 Å². The number of hydrogen-bond donors (Lipinski definition) is 1. The van der Waals surface area contributed by atoms with Crippen LogP contribution in [-0.4, -0.2) is 61.7 Å². The van der Waals surface area contributed by atoms with E-state index in [1.807, 2.05) is 30.0 Å². The van der Waals surface area contributed by atoms with Crippen molar-refractivity contribution in [1.82, 2.24) is 15.1 Å². The maximum Gasteiger partial charge on any atom is 0.317 e. The fraction of sp³-hybridized carbons (Fsp3) is 0.500. The van der Waals surface area contributed by atoms with E-state index in [4.69, 9.17) is 10.00 Å². The fourth-order valence-corrected chi connectivity index (χ4v) is 2.41. The maximum absolute atomic E-state index is 11.7. The van der Waals surface area contributed by atoms with Crippen molar-refractivity contribution >= 4 is 6.03 Å². The highest BCUT2D eigenvalue weighted by molar-refractivity contribution is 5.74. The lowest BCUT2D eigenvalue weighted by molar-refractivity contribution is 0.126. The van der Waals surface area contributed by atoms with Gasteiger partial charge in [-0.05, 0) is 19.1 Å². The van der Waals surface area contributed by atoms with E-state index in [1.165, 1.54) is 0 Å². The molecule has 1 N–H and O–H groups in total. The molecule has 1 aromatic rings. The first-order chi connectivity index (χ1) is 10.7. The lowest BCUT2D eigenvalue weighted by Gasteiger charge is -2.34. The minimum absolute atomic E-state index is 0.0151. The number of benzene rings is 1. The van der Waals surface area contributed by atoms with Crippen molar-refractivity contribution < 1.29 is 9.53 Å². The second-order valence-corrected chi connectivity index (χ2v) is 5.12. The first-order valence-corrected chi connectivity index (χ1v) is 7.61. The number of urea groups is 1. The summed E-state index contributed by atoms with van der Waals surface area (Å²) >= 11 is 0. The van der Waals surface area contributed by atoms with Gasteiger partial charge in [0.25, 0.3) is 0 Å². The number of carbonyl (C=O) groups excluding carboxylic acids is 1. The van der Waals surface area contributed by atoms with E-state index in [-0.39, 0.29) is 6.03 Å². The predicted octanol–water partition coefficient (Wildman–Crippen LogP) is 1.28. The second-order valence-electron chi connectivity index (χ2n) is 5.12. The Morgan fingerprint density at radius 3 is 2.73 bits per heavy atom. The van der Waals surface area contributed by atoms with Crippen LogP contribution in [0.15, 0.2) is 24.3 Å². The summed E-state index contributed by atoms with van der Waals surface area (Å²) in [5.74, 6) is 0.631. The van der Waals surface area contributed by atoms with Gasteiger partial charge in [0, 0.05) is 39.3 Å². The molecule has 0 bridgehead atoms. The van der Waals surface area contributed by atoms with Gasteiger partial charge in [-0.2, -0.15) is 5.26 Å². The third-order valence-corrected chi connectivity index (χ3v) is 3.66. The van der Waals surface area contributed by atoms with E-state index in [0.717, 1.165) is 32.7 Å². The van der Waals surface area contributed by atoms with E-state index < -0.39 is 0 Å². The first-order valence-electron chi connectivity index (χ1n) is 7.61. The van der Waals surface area contributed by atoms with Gasteiger partial charge in [-0.3, -0.25) is 4.90 Å². The van der Waals surface area contributed by atoms with Crippen molar-refractivity contribution in [2.24, 2.45) is 0 Å². The van der Waals surface area contributed by atoms with Crippen LogP contribution < -0.4 is 10.1 Å². The molecule has 0 atom stereocenters. The zero-order chi connectivity index (χ0) is 15.8. The molecule has 2 rings (SSSR count). The number of nitriles is 1. The van der Waals surface area contributed by atoms with Gasteiger partial charge >= 0.3 is 6.03 Å². The molecule has 1 aliphatic rings. The molecule has 0 spiro atoms. The molecular formula is C16H22N4O2. The second kappa shape index (κ2) is 8.25. The first kappa shape index (κ1) is 16.1. The lowest BCUT2D eigenvalue weighted by atomic mass is 10.2. The number of nitrogens with zero attached hydrogens (tertiary/aromatic N) is 3. The van der Waals surface area contributed by atoms with Crippen molar-refractivity contribution in [2.75, 3.05) is 45.9 Å². The van der Waals surface area contributed by atoms with Crippen LogP contribution in [-0.2, 0) is 0 Å². The standard InChI is InChI=1S/C16H22N4O2/c1-2-18-16(21)20-9-7-19(8-10-20)11-12-22-15-6-4-3-5-14(15)13-17/h3-6H,2,7-12H2,1H3,(H,18,21). The van der Waals surface area contributed by atoms with Gasteiger partial charge in [-0.15, -0.1) is 0 Å². The Hall–Kier alpha value is -2.26. The molecule has 0 aromatic heterocycles. The van der Waals surface area contributed by atoms with Crippen LogP contribution in [0.2, 0.25) is 0 Å². The summed E-state index contributed by atoms with van der Waals surface area (Å²) in [6.07, 6.45) is 0. The Morgan fingerprint density at radius 1 is 1.32 bits per heavy atom. The van der Waals surface area contributed by atoms with Gasteiger partial charge in [0.05, 0.1) is 5.56 Å². The van der Waals surface area contributed by atoms with Gasteiger partial charge in [0.15, 0.2) is 0 Å². The molecule has 6 heteroatoms. The number of piperazine rings is 1. The van der Waals surface area contributed by atoms with Crippen molar-refractivity contribution in [3.63, 3.8) is 0 Å². The molecule has 0 radical (unpaired) electrons. The minimum atomic E-state index is 0.0151. The SMILES string of the molecule is CCNC(=O)N1CCN(CCOc2ccccc2C#N)CC1. The molecule has 0 saturated carbocycles. The number of hydrogen-bond acceptors (Lipinski definition) is 4. The smallest absolute Gasteiger partial charge is 0.317 e. The van der Waals surface area contributed by atoms with Gasteiger partial charge in [-0.1, -0.05) is 12.1 Å². The lowest BCUT2D eigenvalue weighted by Crippen LogP contribution is -2.52. The molecule has 1 aliphatic heterocycles.